The van der Waals surface area contributed by atoms with Crippen molar-refractivity contribution in [2.45, 2.75) is 24.2 Å². The van der Waals surface area contributed by atoms with Crippen LogP contribution in [-0.4, -0.2) is 34.5 Å². The minimum absolute atomic E-state index is 0. The van der Waals surface area contributed by atoms with E-state index < -0.39 is 10.0 Å². The molecule has 0 saturated heterocycles. The molecule has 1 aliphatic heterocycles. The average Bonchev–Trinajstić information content (AvgIpc) is 2.87. The van der Waals surface area contributed by atoms with Crippen LogP contribution in [0.2, 0.25) is 0 Å². The number of anilines is 1. The number of sulfonamides is 1. The third-order valence-corrected chi connectivity index (χ3v) is 4.83. The summed E-state index contributed by atoms with van der Waals surface area (Å²) in [5.74, 6) is 0.0402. The summed E-state index contributed by atoms with van der Waals surface area (Å²) >= 11 is 0. The molecule has 21 heavy (non-hydrogen) atoms. The normalized spacial score (nSPS) is 13.7. The minimum Gasteiger partial charge on any atom is -0.330 e. The molecule has 1 amide bonds. The summed E-state index contributed by atoms with van der Waals surface area (Å²) < 4.78 is 25.8. The quantitative estimate of drug-likeness (QED) is 0.827. The summed E-state index contributed by atoms with van der Waals surface area (Å²) in [6, 6.07) is 4.86. The van der Waals surface area contributed by atoms with Crippen molar-refractivity contribution < 1.29 is 13.2 Å². The highest BCUT2D eigenvalue weighted by molar-refractivity contribution is 7.89. The zero-order valence-electron chi connectivity index (χ0n) is 11.8. The van der Waals surface area contributed by atoms with Crippen molar-refractivity contribution in [3.63, 3.8) is 0 Å². The summed E-state index contributed by atoms with van der Waals surface area (Å²) in [6.45, 7) is 1.09. The lowest BCUT2D eigenvalue weighted by Crippen LogP contribution is -2.29. The Labute approximate surface area is 131 Å². The Hall–Kier alpha value is -1.15. The molecule has 0 atom stereocenters. The lowest BCUT2D eigenvalue weighted by molar-refractivity contribution is -0.118. The van der Waals surface area contributed by atoms with Crippen molar-refractivity contribution >= 4 is 34.0 Å². The maximum atomic E-state index is 12.0. The summed E-state index contributed by atoms with van der Waals surface area (Å²) in [4.78, 5) is 14.0. The van der Waals surface area contributed by atoms with E-state index in [2.05, 4.69) is 4.72 Å². The van der Waals surface area contributed by atoms with Crippen molar-refractivity contribution in [2.75, 3.05) is 25.0 Å². The molecule has 6 nitrogen and oxygen atoms in total. The van der Waals surface area contributed by atoms with Gasteiger partial charge in [-0.15, -0.1) is 12.4 Å². The number of hydrogen-bond acceptors (Lipinski definition) is 4. The van der Waals surface area contributed by atoms with Gasteiger partial charge < -0.3 is 10.6 Å². The number of fused-ring (bicyclic) bond motifs is 1. The molecule has 118 valence electrons. The molecule has 0 bridgehead atoms. The number of hydrogen-bond donors (Lipinski definition) is 2. The Kier molecular flexibility index (Phi) is 6.15. The van der Waals surface area contributed by atoms with Crippen molar-refractivity contribution in [2.24, 2.45) is 5.73 Å². The van der Waals surface area contributed by atoms with E-state index in [1.54, 1.807) is 17.0 Å². The second kappa shape index (κ2) is 7.22. The third-order valence-electron chi connectivity index (χ3n) is 3.42. The number of halogens is 1. The van der Waals surface area contributed by atoms with Crippen LogP contribution >= 0.6 is 12.4 Å². The number of nitrogens with one attached hydrogen (secondary N) is 1. The molecule has 0 fully saturated rings. The van der Waals surface area contributed by atoms with Gasteiger partial charge in [0, 0.05) is 18.7 Å². The molecule has 1 aromatic rings. The summed E-state index contributed by atoms with van der Waals surface area (Å²) in [7, 11) is -2.06. The van der Waals surface area contributed by atoms with E-state index in [4.69, 9.17) is 5.73 Å². The molecule has 0 radical (unpaired) electrons. The number of carbonyl (C=O) groups excluding carboxylic acids is 1. The van der Waals surface area contributed by atoms with Crippen LogP contribution < -0.4 is 15.4 Å². The fourth-order valence-electron chi connectivity index (χ4n) is 2.31. The fourth-order valence-corrected chi connectivity index (χ4v) is 3.09. The first-order chi connectivity index (χ1) is 9.49. The molecule has 1 aliphatic rings. The predicted octanol–water partition coefficient (Wildman–Crippen LogP) is 0.644. The molecule has 0 spiro atoms. The lowest BCUT2D eigenvalue weighted by atomic mass is 10.2. The van der Waals surface area contributed by atoms with E-state index >= 15 is 0 Å². The molecular formula is C13H20ClN3O3S. The highest BCUT2D eigenvalue weighted by Gasteiger charge is 2.25. The molecule has 2 rings (SSSR count). The van der Waals surface area contributed by atoms with Gasteiger partial charge in [0.05, 0.1) is 4.90 Å². The highest BCUT2D eigenvalue weighted by atomic mass is 35.5. The smallest absolute Gasteiger partial charge is 0.240 e. The molecule has 0 aromatic heterocycles. The van der Waals surface area contributed by atoms with E-state index in [0.29, 0.717) is 32.4 Å². The first-order valence-corrected chi connectivity index (χ1v) is 8.05. The predicted molar refractivity (Wildman–Crippen MR) is 84.3 cm³/mol. The van der Waals surface area contributed by atoms with Gasteiger partial charge in [0.15, 0.2) is 0 Å². The first-order valence-electron chi connectivity index (χ1n) is 6.56. The van der Waals surface area contributed by atoms with E-state index in [1.807, 2.05) is 0 Å². The first kappa shape index (κ1) is 17.9. The van der Waals surface area contributed by atoms with Crippen LogP contribution in [0.4, 0.5) is 5.69 Å². The van der Waals surface area contributed by atoms with Crippen LogP contribution in [0.5, 0.6) is 0 Å². The lowest BCUT2D eigenvalue weighted by Gasteiger charge is -2.17. The molecule has 1 aromatic carbocycles. The van der Waals surface area contributed by atoms with Crippen molar-refractivity contribution in [1.29, 1.82) is 0 Å². The number of nitrogens with zero attached hydrogens (tertiary/aromatic N) is 1. The summed E-state index contributed by atoms with van der Waals surface area (Å²) in [5, 5.41) is 0. The van der Waals surface area contributed by atoms with Gasteiger partial charge in [0.25, 0.3) is 0 Å². The second-order valence-electron chi connectivity index (χ2n) is 4.69. The Balaban J connectivity index is 0.00000220. The second-order valence-corrected chi connectivity index (χ2v) is 6.57. The number of benzene rings is 1. The zero-order valence-corrected chi connectivity index (χ0v) is 13.5. The molecule has 3 N–H and O–H groups in total. The maximum Gasteiger partial charge on any atom is 0.240 e. The maximum absolute atomic E-state index is 12.0. The van der Waals surface area contributed by atoms with Gasteiger partial charge in [-0.2, -0.15) is 0 Å². The molecule has 1 heterocycles. The van der Waals surface area contributed by atoms with Gasteiger partial charge in [-0.25, -0.2) is 13.1 Å². The number of nitrogens with two attached hydrogens (primary N) is 1. The van der Waals surface area contributed by atoms with E-state index in [1.165, 1.54) is 13.1 Å². The Morgan fingerprint density at radius 2 is 2.14 bits per heavy atom. The third kappa shape index (κ3) is 3.74. The van der Waals surface area contributed by atoms with Crippen molar-refractivity contribution in [3.05, 3.63) is 23.8 Å². The molecular weight excluding hydrogens is 314 g/mol. The van der Waals surface area contributed by atoms with Crippen molar-refractivity contribution in [1.82, 2.24) is 4.72 Å². The Bertz CT molecular complexity index is 619. The van der Waals surface area contributed by atoms with Crippen LogP contribution in [-0.2, 0) is 21.2 Å². The number of carbonyl (C=O) groups is 1. The summed E-state index contributed by atoms with van der Waals surface area (Å²) in [5.41, 5.74) is 7.11. The van der Waals surface area contributed by atoms with Crippen molar-refractivity contribution in [3.8, 4) is 0 Å². The summed E-state index contributed by atoms with van der Waals surface area (Å²) in [6.07, 6.45) is 1.76. The number of amides is 1. The fraction of sp³-hybridized carbons (Fsp3) is 0.462. The van der Waals surface area contributed by atoms with Gasteiger partial charge >= 0.3 is 0 Å². The highest BCUT2D eigenvalue weighted by Crippen LogP contribution is 2.30. The average molecular weight is 334 g/mol. The van der Waals surface area contributed by atoms with Gasteiger partial charge in [0.1, 0.15) is 0 Å². The molecule has 0 saturated carbocycles. The van der Waals surface area contributed by atoms with E-state index in [9.17, 15) is 13.2 Å². The minimum atomic E-state index is -3.44. The number of rotatable bonds is 5. The van der Waals surface area contributed by atoms with Gasteiger partial charge in [-0.3, -0.25) is 4.79 Å². The molecule has 0 aliphatic carbocycles. The SMILES string of the molecule is CNS(=O)(=O)c1ccc2c(c1)CCN2C(=O)CCCN.Cl. The Morgan fingerprint density at radius 3 is 2.76 bits per heavy atom. The standard InChI is InChI=1S/C13H19N3O3S.ClH/c1-15-20(18,19)11-4-5-12-10(9-11)6-8-16(12)13(17)3-2-7-14;/h4-5,9,15H,2-3,6-8,14H2,1H3;1H. The van der Waals surface area contributed by atoms with Crippen LogP contribution in [0, 0.1) is 0 Å². The molecule has 0 unspecified atom stereocenters. The molecule has 8 heteroatoms. The van der Waals surface area contributed by atoms with Gasteiger partial charge in [-0.05, 0) is 50.2 Å². The van der Waals surface area contributed by atoms with Crippen LogP contribution in [0.25, 0.3) is 0 Å². The van der Waals surface area contributed by atoms with Crippen LogP contribution in [0.15, 0.2) is 23.1 Å². The monoisotopic (exact) mass is 333 g/mol. The Morgan fingerprint density at radius 1 is 1.43 bits per heavy atom. The van der Waals surface area contributed by atoms with Gasteiger partial charge in [-0.1, -0.05) is 0 Å². The van der Waals surface area contributed by atoms with Gasteiger partial charge in [0.2, 0.25) is 15.9 Å². The van der Waals surface area contributed by atoms with Crippen LogP contribution in [0.3, 0.4) is 0 Å². The van der Waals surface area contributed by atoms with E-state index in [-0.39, 0.29) is 23.2 Å². The topological polar surface area (TPSA) is 92.5 Å². The largest absolute Gasteiger partial charge is 0.330 e. The van der Waals surface area contributed by atoms with E-state index in [0.717, 1.165) is 11.3 Å². The van der Waals surface area contributed by atoms with Crippen LogP contribution in [0.1, 0.15) is 18.4 Å². The zero-order chi connectivity index (χ0) is 14.8.